The number of halogens is 3. The van der Waals surface area contributed by atoms with Crippen molar-refractivity contribution in [1.82, 2.24) is 45.0 Å². The van der Waals surface area contributed by atoms with Gasteiger partial charge in [-0.15, -0.1) is 0 Å². The average Bonchev–Trinajstić information content (AvgIpc) is 4.08. The lowest BCUT2D eigenvalue weighted by molar-refractivity contribution is -0.148. The Kier molecular flexibility index (Phi) is 15.4. The summed E-state index contributed by atoms with van der Waals surface area (Å²) in [5.41, 5.74) is 3.75. The zero-order valence-electron chi connectivity index (χ0n) is 42.2. The summed E-state index contributed by atoms with van der Waals surface area (Å²) < 4.78 is 69.5. The monoisotopic (exact) mass is 1030 g/mol. The first-order chi connectivity index (χ1) is 34.5. The van der Waals surface area contributed by atoms with Gasteiger partial charge in [0.05, 0.1) is 61.7 Å². The summed E-state index contributed by atoms with van der Waals surface area (Å²) in [6, 6.07) is 5.12. The second-order valence-electron chi connectivity index (χ2n) is 20.6. The van der Waals surface area contributed by atoms with Crippen LogP contribution in [0, 0.1) is 11.3 Å². The van der Waals surface area contributed by atoms with E-state index in [1.165, 1.54) is 41.0 Å². The predicted octanol–water partition coefficient (Wildman–Crippen LogP) is 4.99. The van der Waals surface area contributed by atoms with Crippen molar-refractivity contribution >= 4 is 50.3 Å². The topological polar surface area (TPSA) is 194 Å². The molecule has 73 heavy (non-hydrogen) atoms. The number of fused-ring (bicyclic) bond motifs is 7. The Morgan fingerprint density at radius 2 is 1.89 bits per heavy atom. The third-order valence-corrected chi connectivity index (χ3v) is 14.8. The highest BCUT2D eigenvalue weighted by molar-refractivity contribution is 6.60. The van der Waals surface area contributed by atoms with E-state index in [1.807, 2.05) is 13.8 Å². The van der Waals surface area contributed by atoms with Crippen molar-refractivity contribution in [2.45, 2.75) is 109 Å². The van der Waals surface area contributed by atoms with Crippen molar-refractivity contribution in [3.8, 4) is 22.7 Å². The number of carbonyl (C=O) groups is 5. The van der Waals surface area contributed by atoms with Crippen LogP contribution >= 0.6 is 0 Å². The Morgan fingerprint density at radius 1 is 1.12 bits per heavy atom. The number of likely N-dealkylation sites (N-methyl/N-ethyl adjacent to an activating group) is 1. The summed E-state index contributed by atoms with van der Waals surface area (Å²) >= 11 is 0. The number of morpholine rings is 1. The lowest BCUT2D eigenvalue weighted by atomic mass is 9.84. The van der Waals surface area contributed by atoms with Gasteiger partial charge in [-0.2, -0.15) is 13.2 Å². The smallest absolute Gasteiger partial charge is 0.406 e. The first kappa shape index (κ1) is 53.4. The minimum Gasteiger partial charge on any atom is -0.444 e. The second-order valence-corrected chi connectivity index (χ2v) is 21.1. The number of alkyl halides is 3. The van der Waals surface area contributed by atoms with Crippen molar-refractivity contribution in [3.05, 3.63) is 72.4 Å². The molecule has 0 aliphatic carbocycles. The molecular weight excluding hydrogens is 968 g/mol. The molecule has 391 valence electrons. The van der Waals surface area contributed by atoms with Crippen LogP contribution in [0.15, 0.2) is 59.9 Å². The van der Waals surface area contributed by atoms with Gasteiger partial charge in [0.2, 0.25) is 17.7 Å². The molecule has 3 saturated heterocycles. The van der Waals surface area contributed by atoms with Gasteiger partial charge in [0.25, 0.3) is 5.91 Å². The Morgan fingerprint density at radius 3 is 2.59 bits per heavy atom. The highest BCUT2D eigenvalue weighted by Gasteiger charge is 2.47. The fourth-order valence-corrected chi connectivity index (χ4v) is 11.0. The number of carbonyl (C=O) groups excluding carboxylic acids is 5. The van der Waals surface area contributed by atoms with Gasteiger partial charge in [0.1, 0.15) is 46.1 Å². The number of nitrogens with one attached hydrogen (secondary N) is 2. The second kappa shape index (κ2) is 21.1. The molecule has 4 aliphatic rings. The largest absolute Gasteiger partial charge is 0.444 e. The van der Waals surface area contributed by atoms with E-state index in [4.69, 9.17) is 23.6 Å². The number of methoxy groups -OCH3 is 1. The minimum absolute atomic E-state index is 0.0465. The SMILES string of the molecule is C=CC(=O)N1CCO[C@H]2CN(C(=O)N(C)[C@H](C(=O)N[C@H]3Cc4coc(n4)-c4ccc5c(c4)c(c(-c4cccnc4[C@H](C)OC)n5CC(F)(F)F)CC(C)(C)COC[C@]4(C(=O)[Si])CCCN(N4)C3=O)C(C)C)CC21. The Bertz CT molecular complexity index is 2760. The third kappa shape index (κ3) is 11.0. The molecule has 3 radical (unpaired) electrons. The Hall–Kier alpha value is -5.94. The van der Waals surface area contributed by atoms with E-state index < -0.39 is 83.2 Å². The number of hydrogen-bond acceptors (Lipinski definition) is 12. The number of amides is 5. The molecule has 4 aliphatic heterocycles. The predicted molar refractivity (Wildman–Crippen MR) is 262 cm³/mol. The quantitative estimate of drug-likeness (QED) is 0.160. The Labute approximate surface area is 425 Å². The molecular formula is C51H63F3N9O9Si. The molecule has 1 aromatic carbocycles. The number of benzene rings is 1. The molecule has 7 heterocycles. The van der Waals surface area contributed by atoms with Crippen LogP contribution in [-0.2, 0) is 52.8 Å². The van der Waals surface area contributed by atoms with E-state index in [-0.39, 0.29) is 69.6 Å². The number of rotatable bonds is 10. The number of aromatic nitrogens is 3. The molecule has 0 spiro atoms. The van der Waals surface area contributed by atoms with Crippen molar-refractivity contribution in [2.24, 2.45) is 11.3 Å². The number of nitrogens with zero attached hydrogens (tertiary/aromatic N) is 7. The highest BCUT2D eigenvalue weighted by atomic mass is 28.1. The molecule has 5 amide bonds. The van der Waals surface area contributed by atoms with E-state index in [0.29, 0.717) is 58.6 Å². The molecule has 3 fully saturated rings. The number of oxazole rings is 1. The van der Waals surface area contributed by atoms with Gasteiger partial charge < -0.3 is 48.0 Å². The van der Waals surface area contributed by atoms with Crippen LogP contribution in [0.1, 0.15) is 70.5 Å². The molecule has 8 rings (SSSR count). The maximum absolute atomic E-state index is 14.9. The first-order valence-corrected chi connectivity index (χ1v) is 25.0. The molecule has 1 unspecified atom stereocenters. The minimum atomic E-state index is -4.62. The summed E-state index contributed by atoms with van der Waals surface area (Å²) in [5, 5.41) is 4.24. The van der Waals surface area contributed by atoms with Gasteiger partial charge in [0, 0.05) is 68.4 Å². The summed E-state index contributed by atoms with van der Waals surface area (Å²) in [6.07, 6.45) is -0.794. The van der Waals surface area contributed by atoms with E-state index >= 15 is 0 Å². The Balaban J connectivity index is 1.18. The molecule has 4 aromatic rings. The summed E-state index contributed by atoms with van der Waals surface area (Å²) in [5.74, 6) is -1.83. The molecule has 6 bridgehead atoms. The number of urea groups is 1. The molecule has 2 N–H and O–H groups in total. The number of pyridine rings is 1. The lowest BCUT2D eigenvalue weighted by Gasteiger charge is -2.43. The van der Waals surface area contributed by atoms with Crippen LogP contribution in [0.25, 0.3) is 33.6 Å². The fraction of sp³-hybridized carbons (Fsp3) is 0.549. The summed E-state index contributed by atoms with van der Waals surface area (Å²) in [6.45, 7) is 12.5. The third-order valence-electron chi connectivity index (χ3n) is 14.3. The molecule has 3 aromatic heterocycles. The zero-order chi connectivity index (χ0) is 52.7. The van der Waals surface area contributed by atoms with E-state index in [2.05, 4.69) is 32.5 Å². The van der Waals surface area contributed by atoms with Crippen LogP contribution in [0.4, 0.5) is 18.0 Å². The number of hydrogen-bond donors (Lipinski definition) is 2. The van der Waals surface area contributed by atoms with Crippen LogP contribution in [0.3, 0.4) is 0 Å². The van der Waals surface area contributed by atoms with Gasteiger partial charge >= 0.3 is 12.2 Å². The lowest BCUT2D eigenvalue weighted by Crippen LogP contribution is -2.68. The number of ether oxygens (including phenoxy) is 3. The number of likely N-dealkylation sites (tertiary alicyclic amines) is 1. The summed E-state index contributed by atoms with van der Waals surface area (Å²) in [7, 11) is 6.27. The van der Waals surface area contributed by atoms with Gasteiger partial charge in [-0.1, -0.05) is 34.3 Å². The zero-order valence-corrected chi connectivity index (χ0v) is 43.2. The molecule has 6 atom stereocenters. The normalized spacial score (nSPS) is 23.4. The van der Waals surface area contributed by atoms with E-state index in [9.17, 15) is 37.1 Å². The van der Waals surface area contributed by atoms with Crippen LogP contribution in [0.2, 0.25) is 0 Å². The van der Waals surface area contributed by atoms with Gasteiger partial charge in [-0.25, -0.2) is 15.2 Å². The maximum atomic E-state index is 14.9. The van der Waals surface area contributed by atoms with Crippen molar-refractivity contribution in [3.63, 3.8) is 0 Å². The fourth-order valence-electron chi connectivity index (χ4n) is 10.8. The van der Waals surface area contributed by atoms with Crippen LogP contribution < -0.4 is 10.7 Å². The van der Waals surface area contributed by atoms with Crippen LogP contribution in [-0.4, -0.2) is 170 Å². The molecule has 18 nitrogen and oxygen atoms in total. The summed E-state index contributed by atoms with van der Waals surface area (Å²) in [4.78, 5) is 84.0. The van der Waals surface area contributed by atoms with Crippen molar-refractivity contribution in [2.75, 3.05) is 60.2 Å². The molecule has 0 saturated carbocycles. The van der Waals surface area contributed by atoms with Crippen molar-refractivity contribution < 1.29 is 55.8 Å². The van der Waals surface area contributed by atoms with Gasteiger partial charge in [-0.05, 0) is 79.5 Å². The van der Waals surface area contributed by atoms with Crippen LogP contribution in [0.5, 0.6) is 0 Å². The van der Waals surface area contributed by atoms with Gasteiger partial charge in [0.15, 0.2) is 0 Å². The van der Waals surface area contributed by atoms with E-state index in [0.717, 1.165) is 0 Å². The van der Waals surface area contributed by atoms with E-state index in [1.54, 1.807) is 67.1 Å². The molecule has 22 heteroatoms. The number of hydrazine groups is 1. The van der Waals surface area contributed by atoms with Gasteiger partial charge in [-0.3, -0.25) is 24.4 Å². The maximum Gasteiger partial charge on any atom is 0.406 e. The average molecular weight is 1030 g/mol. The highest BCUT2D eigenvalue weighted by Crippen LogP contribution is 2.43. The first-order valence-electron chi connectivity index (χ1n) is 24.5. The standard InChI is InChI=1S/C51H63F3N9O9Si/c1-9-40(64)61-18-19-71-39-24-60(23-38(39)61)48(68)59(7)42(29(2)3)44(65)57-36-21-32-25-72-45(56-32)31-13-14-37-34(20-31)35(43(62(37)26-51(52,53)54)33-12-10-16-55-41(33)30(4)69-8)22-49(5,6)27-70-28-50(47(67)73)15-11-17-63(58-50)46(36)66/h9-10,12-14,16,20,25,29-30,36,38-39,42,58H,1,11,15,17-19,21-24,26-28H2,2-8H3,(H,57,65)/t30-,36-,38?,39-,42-,50-/m0/s1. The van der Waals surface area contributed by atoms with Crippen molar-refractivity contribution in [1.29, 1.82) is 0 Å².